The summed E-state index contributed by atoms with van der Waals surface area (Å²) in [7, 11) is 0. The summed E-state index contributed by atoms with van der Waals surface area (Å²) < 4.78 is 5.53. The highest BCUT2D eigenvalue weighted by atomic mass is 16.5. The maximum absolute atomic E-state index is 12.3. The molecule has 0 aromatic heterocycles. The van der Waals surface area contributed by atoms with Crippen LogP contribution >= 0.6 is 0 Å². The normalized spacial score (nSPS) is 10.2. The molecule has 3 rings (SSSR count). The summed E-state index contributed by atoms with van der Waals surface area (Å²) in [5.74, 6) is -0.105. The number of anilines is 1. The lowest BCUT2D eigenvalue weighted by atomic mass is 10.1. The largest absolute Gasteiger partial charge is 0.484 e. The summed E-state index contributed by atoms with van der Waals surface area (Å²) in [4.78, 5) is 36.4. The second-order valence-corrected chi connectivity index (χ2v) is 7.54. The number of benzene rings is 3. The lowest BCUT2D eigenvalue weighted by Crippen LogP contribution is -2.34. The topological polar surface area (TPSA) is 96.5 Å². The van der Waals surface area contributed by atoms with Crippen LogP contribution < -0.4 is 20.7 Å². The Labute approximate surface area is 193 Å². The van der Waals surface area contributed by atoms with E-state index in [1.165, 1.54) is 0 Å². The van der Waals surface area contributed by atoms with Crippen LogP contribution in [0.2, 0.25) is 0 Å². The van der Waals surface area contributed by atoms with E-state index in [0.29, 0.717) is 35.7 Å². The van der Waals surface area contributed by atoms with Crippen LogP contribution in [-0.2, 0) is 4.79 Å². The van der Waals surface area contributed by atoms with Gasteiger partial charge in [0.25, 0.3) is 17.7 Å². The number of nitrogens with one attached hydrogen (secondary N) is 3. The Morgan fingerprint density at radius 2 is 1.33 bits per heavy atom. The molecule has 0 aliphatic heterocycles. The maximum Gasteiger partial charge on any atom is 0.262 e. The van der Waals surface area contributed by atoms with Gasteiger partial charge in [0.15, 0.2) is 6.61 Å². The molecular weight excluding hydrogens is 418 g/mol. The molecule has 0 atom stereocenters. The molecule has 0 bridgehead atoms. The molecule has 3 aromatic rings. The Morgan fingerprint density at radius 3 is 1.94 bits per heavy atom. The van der Waals surface area contributed by atoms with Gasteiger partial charge in [-0.3, -0.25) is 14.4 Å². The van der Waals surface area contributed by atoms with Crippen molar-refractivity contribution >= 4 is 23.4 Å². The van der Waals surface area contributed by atoms with Crippen LogP contribution in [0.15, 0.2) is 72.8 Å². The molecule has 0 heterocycles. The van der Waals surface area contributed by atoms with E-state index in [4.69, 9.17) is 4.74 Å². The second-order valence-electron chi connectivity index (χ2n) is 7.54. The minimum Gasteiger partial charge on any atom is -0.484 e. The Morgan fingerprint density at radius 1 is 0.727 bits per heavy atom. The van der Waals surface area contributed by atoms with Crippen molar-refractivity contribution in [3.05, 3.63) is 95.1 Å². The lowest BCUT2D eigenvalue weighted by Gasteiger charge is -2.10. The molecule has 7 nitrogen and oxygen atoms in total. The zero-order chi connectivity index (χ0) is 23.6. The van der Waals surface area contributed by atoms with Crippen molar-refractivity contribution in [2.75, 3.05) is 25.0 Å². The fraction of sp³-hybridized carbons (Fsp3) is 0.192. The first-order valence-corrected chi connectivity index (χ1v) is 10.6. The molecule has 3 amide bonds. The predicted octanol–water partition coefficient (Wildman–Crippen LogP) is 3.48. The van der Waals surface area contributed by atoms with E-state index in [0.717, 1.165) is 11.1 Å². The zero-order valence-corrected chi connectivity index (χ0v) is 18.7. The van der Waals surface area contributed by atoms with Crippen molar-refractivity contribution in [2.24, 2.45) is 0 Å². The van der Waals surface area contributed by atoms with Gasteiger partial charge in [0.2, 0.25) is 0 Å². The monoisotopic (exact) mass is 445 g/mol. The van der Waals surface area contributed by atoms with Gasteiger partial charge in [0.1, 0.15) is 5.75 Å². The first-order chi connectivity index (χ1) is 15.9. The summed E-state index contributed by atoms with van der Waals surface area (Å²) in [6.07, 6.45) is 0. The Kier molecular flexibility index (Phi) is 8.18. The summed E-state index contributed by atoms with van der Waals surface area (Å²) in [5.41, 5.74) is 3.85. The molecule has 33 heavy (non-hydrogen) atoms. The van der Waals surface area contributed by atoms with Gasteiger partial charge < -0.3 is 20.7 Å². The van der Waals surface area contributed by atoms with Crippen molar-refractivity contribution in [2.45, 2.75) is 13.8 Å². The van der Waals surface area contributed by atoms with Gasteiger partial charge in [-0.25, -0.2) is 0 Å². The van der Waals surface area contributed by atoms with Crippen molar-refractivity contribution < 1.29 is 19.1 Å². The first-order valence-electron chi connectivity index (χ1n) is 10.6. The number of rotatable bonds is 9. The van der Waals surface area contributed by atoms with E-state index in [2.05, 4.69) is 16.0 Å². The second kappa shape index (κ2) is 11.5. The fourth-order valence-electron chi connectivity index (χ4n) is 3.00. The fourth-order valence-corrected chi connectivity index (χ4v) is 3.00. The highest BCUT2D eigenvalue weighted by Crippen LogP contribution is 2.16. The predicted molar refractivity (Wildman–Crippen MR) is 128 cm³/mol. The summed E-state index contributed by atoms with van der Waals surface area (Å²) in [6.45, 7) is 4.50. The average Bonchev–Trinajstić information content (AvgIpc) is 2.83. The zero-order valence-electron chi connectivity index (χ0n) is 18.7. The molecule has 3 N–H and O–H groups in total. The molecule has 3 aromatic carbocycles. The number of amides is 3. The maximum atomic E-state index is 12.3. The molecule has 0 aliphatic carbocycles. The van der Waals surface area contributed by atoms with Gasteiger partial charge in [-0.2, -0.15) is 0 Å². The van der Waals surface area contributed by atoms with Gasteiger partial charge in [-0.05, 0) is 73.5 Å². The molecule has 0 unspecified atom stereocenters. The molecule has 0 saturated heterocycles. The number of hydrogen-bond donors (Lipinski definition) is 3. The molecule has 0 fully saturated rings. The quantitative estimate of drug-likeness (QED) is 0.440. The van der Waals surface area contributed by atoms with Crippen LogP contribution in [0.3, 0.4) is 0 Å². The third-order valence-electron chi connectivity index (χ3n) is 5.01. The van der Waals surface area contributed by atoms with Crippen molar-refractivity contribution in [3.8, 4) is 5.75 Å². The van der Waals surface area contributed by atoms with E-state index in [1.54, 1.807) is 48.5 Å². The summed E-state index contributed by atoms with van der Waals surface area (Å²) in [6, 6.07) is 21.1. The van der Waals surface area contributed by atoms with Crippen LogP contribution in [0.4, 0.5) is 5.69 Å². The Balaban J connectivity index is 1.39. The van der Waals surface area contributed by atoms with Crippen LogP contribution in [0.1, 0.15) is 31.8 Å². The number of aryl methyl sites for hydroxylation is 2. The van der Waals surface area contributed by atoms with E-state index in [1.807, 2.05) is 38.1 Å². The third-order valence-corrected chi connectivity index (χ3v) is 5.01. The van der Waals surface area contributed by atoms with E-state index in [9.17, 15) is 14.4 Å². The summed E-state index contributed by atoms with van der Waals surface area (Å²) >= 11 is 0. The standard InChI is InChI=1S/C26H27N3O4/c1-18-8-13-23(16-19(18)2)33-17-24(30)29-22-11-9-21(10-12-22)26(32)28-15-14-27-25(31)20-6-4-3-5-7-20/h3-13,16H,14-15,17H2,1-2H3,(H,27,31)(H,28,32)(H,29,30). The van der Waals surface area contributed by atoms with E-state index >= 15 is 0 Å². The molecule has 0 saturated carbocycles. The van der Waals surface area contributed by atoms with E-state index in [-0.39, 0.29) is 24.3 Å². The Bertz CT molecular complexity index is 1110. The molecule has 0 spiro atoms. The van der Waals surface area contributed by atoms with Crippen molar-refractivity contribution in [1.29, 1.82) is 0 Å². The first kappa shape index (κ1) is 23.5. The smallest absolute Gasteiger partial charge is 0.262 e. The minimum atomic E-state index is -0.292. The van der Waals surface area contributed by atoms with Crippen LogP contribution in [0.5, 0.6) is 5.75 Å². The van der Waals surface area contributed by atoms with Gasteiger partial charge in [-0.1, -0.05) is 24.3 Å². The molecule has 0 radical (unpaired) electrons. The van der Waals surface area contributed by atoms with Crippen LogP contribution in [0.25, 0.3) is 0 Å². The van der Waals surface area contributed by atoms with Gasteiger partial charge in [0, 0.05) is 29.9 Å². The third kappa shape index (κ3) is 7.21. The lowest BCUT2D eigenvalue weighted by molar-refractivity contribution is -0.118. The highest BCUT2D eigenvalue weighted by Gasteiger charge is 2.08. The highest BCUT2D eigenvalue weighted by molar-refractivity contribution is 5.96. The van der Waals surface area contributed by atoms with Gasteiger partial charge in [0.05, 0.1) is 0 Å². The van der Waals surface area contributed by atoms with Crippen LogP contribution in [0, 0.1) is 13.8 Å². The number of carbonyl (C=O) groups excluding carboxylic acids is 3. The summed E-state index contributed by atoms with van der Waals surface area (Å²) in [5, 5.41) is 8.25. The van der Waals surface area contributed by atoms with Crippen molar-refractivity contribution in [3.63, 3.8) is 0 Å². The SMILES string of the molecule is Cc1ccc(OCC(=O)Nc2ccc(C(=O)NCCNC(=O)c3ccccc3)cc2)cc1C. The number of ether oxygens (including phenoxy) is 1. The molecule has 170 valence electrons. The number of hydrogen-bond acceptors (Lipinski definition) is 4. The average molecular weight is 446 g/mol. The molecule has 0 aliphatic rings. The Hall–Kier alpha value is -4.13. The molecular formula is C26H27N3O4. The molecule has 7 heteroatoms. The minimum absolute atomic E-state index is 0.112. The van der Waals surface area contributed by atoms with Crippen molar-refractivity contribution in [1.82, 2.24) is 10.6 Å². The number of carbonyl (C=O) groups is 3. The van der Waals surface area contributed by atoms with Gasteiger partial charge in [-0.15, -0.1) is 0 Å². The van der Waals surface area contributed by atoms with Crippen LogP contribution in [-0.4, -0.2) is 37.4 Å². The van der Waals surface area contributed by atoms with Gasteiger partial charge >= 0.3 is 0 Å². The van der Waals surface area contributed by atoms with E-state index < -0.39 is 0 Å².